The Bertz CT molecular complexity index is 8330. The van der Waals surface area contributed by atoms with Crippen molar-refractivity contribution in [3.05, 3.63) is 467 Å². The molecule has 14 aromatic carbocycles. The molecule has 0 atom stereocenters. The third kappa shape index (κ3) is 16.8. The molecule has 19 heteroatoms. The maximum atomic E-state index is 4.65. The first-order valence-corrected chi connectivity index (χ1v) is 43.3. The summed E-state index contributed by atoms with van der Waals surface area (Å²) in [4.78, 5) is 31.7. The number of imidazole rings is 4. The van der Waals surface area contributed by atoms with Crippen LogP contribution in [0.5, 0.6) is 0 Å². The molecule has 0 aliphatic carbocycles. The predicted octanol–water partition coefficient (Wildman–Crippen LogP) is 26.8. The van der Waals surface area contributed by atoms with Gasteiger partial charge in [0.15, 0.2) is 0 Å². The van der Waals surface area contributed by atoms with Gasteiger partial charge in [-0.1, -0.05) is 109 Å². The number of fused-ring (bicyclic) bond motifs is 12. The van der Waals surface area contributed by atoms with Crippen molar-refractivity contribution < 1.29 is 80.4 Å². The zero-order chi connectivity index (χ0) is 87.1. The van der Waals surface area contributed by atoms with Crippen molar-refractivity contribution in [2.75, 3.05) is 0 Å². The van der Waals surface area contributed by atoms with Gasteiger partial charge in [0, 0.05) is 233 Å². The number of aryl methyl sites for hydroxylation is 4. The van der Waals surface area contributed by atoms with Crippen molar-refractivity contribution in [3.63, 3.8) is 0 Å². The van der Waals surface area contributed by atoms with Crippen LogP contribution in [-0.4, -0.2) is 71.6 Å². The van der Waals surface area contributed by atoms with Gasteiger partial charge in [-0.15, -0.1) is 144 Å². The molecule has 15 nitrogen and oxygen atoms in total. The average molecular weight is 2440 g/mol. The second-order valence-corrected chi connectivity index (χ2v) is 32.2. The van der Waals surface area contributed by atoms with Gasteiger partial charge in [-0.25, -0.2) is 0 Å². The number of hydrogen-bond acceptors (Lipinski definition) is 7. The van der Waals surface area contributed by atoms with Gasteiger partial charge in [-0.05, 0) is 206 Å². The SMILES string of the molecule is Cc1cc(-c2ccc3c(c2)c2ccccc2n3-c2ccccc2)cc(C)c1-n1ccnc1-c1[c-]cccc1.Cc1cc(-c2cccc(-n3c4ccncc4c4cnccc43)c2)cc(C)c1-n1ccnc1-c1[c-]cccc1.[Ir].[Ir].[Ir].[Ir].[c-]1ccccc1-c1nccn1-c1ccc2c(c1)c1ccccc1n2-c1ccccc1.[c-]1ccccc1-c1nccn1-n1c2ccccc2c2ncccc21. The topological polar surface area (TPSA) is 130 Å². The monoisotopic (exact) mass is 2440 g/mol. The molecule has 25 rings (SSSR count). The molecule has 0 spiro atoms. The quantitative estimate of drug-likeness (QED) is 0.105. The van der Waals surface area contributed by atoms with E-state index in [0.717, 1.165) is 106 Å². The van der Waals surface area contributed by atoms with E-state index in [0.29, 0.717) is 0 Å². The molecule has 11 heterocycles. The standard InChI is InChI=1S/C35H26N3.C33H24N5.C27H18N3.C20H13N4.4Ir/c1-24-21-28(22-25(2)34(24)37-20-19-36-35(37)26-11-5-3-6-12-26)27-17-18-33-31(23-27)30-15-9-10-16-32(30)38(33)29-13-7-4-8-14-29;1-22-17-26(18-23(2)32(22)37-16-15-36-33(37)24-7-4-3-5-8-24)25-9-6-10-27(19-25)38-30-11-13-34-20-28(30)29-21-35-14-12-31(29)38;1-3-9-20(10-4-1)27-28-17-18-29(27)22-15-16-26-24(19-22)23-13-7-8-14-25(23)30(26)21-11-5-2-6-12-21;1-2-7-15(8-3-1)20-22-13-14-23(20)24-17-10-5-4-9-16(17)19-18(24)11-6-12-21-19;;;;/h3-11,13-23H,1-2H3;3-7,9-21H,1-2H3;1-9,11-19H;1-7,9-14H;;;;/q4*-1;;;;. The van der Waals surface area contributed by atoms with E-state index in [9.17, 15) is 0 Å². The second kappa shape index (κ2) is 39.3. The Morgan fingerprint density at radius 2 is 0.619 bits per heavy atom. The predicted molar refractivity (Wildman–Crippen MR) is 526 cm³/mol. The zero-order valence-corrected chi connectivity index (χ0v) is 82.5. The van der Waals surface area contributed by atoms with E-state index in [1.165, 1.54) is 105 Å². The van der Waals surface area contributed by atoms with Crippen molar-refractivity contribution in [2.45, 2.75) is 27.7 Å². The molecule has 0 N–H and O–H groups in total. The third-order valence-corrected chi connectivity index (χ3v) is 24.2. The molecule has 0 saturated carbocycles. The molecule has 0 aliphatic rings. The van der Waals surface area contributed by atoms with E-state index >= 15 is 0 Å². The van der Waals surface area contributed by atoms with Gasteiger partial charge in [-0.2, -0.15) is 0 Å². The number of para-hydroxylation sites is 5. The summed E-state index contributed by atoms with van der Waals surface area (Å²) in [6.45, 7) is 8.70. The number of hydrogen-bond donors (Lipinski definition) is 0. The van der Waals surface area contributed by atoms with Gasteiger partial charge in [0.1, 0.15) is 0 Å². The summed E-state index contributed by atoms with van der Waals surface area (Å²) in [5, 5.41) is 8.32. The van der Waals surface area contributed by atoms with Crippen molar-refractivity contribution in [2.24, 2.45) is 0 Å². The minimum atomic E-state index is 0. The summed E-state index contributed by atoms with van der Waals surface area (Å²) < 4.78 is 17.6. The fraction of sp³-hybridized carbons (Fsp3) is 0.0348. The summed E-state index contributed by atoms with van der Waals surface area (Å²) in [5.74, 6) is 3.53. The molecule has 25 aromatic rings. The molecule has 656 valence electrons. The molecule has 0 bridgehead atoms. The van der Waals surface area contributed by atoms with Gasteiger partial charge in [-0.3, -0.25) is 44.2 Å². The van der Waals surface area contributed by atoms with Crippen molar-refractivity contribution in [1.82, 2.24) is 71.6 Å². The molecule has 0 unspecified atom stereocenters. The van der Waals surface area contributed by atoms with E-state index in [2.05, 4.69) is 354 Å². The van der Waals surface area contributed by atoms with Crippen molar-refractivity contribution in [3.8, 4) is 102 Å². The van der Waals surface area contributed by atoms with Crippen molar-refractivity contribution >= 4 is 87.4 Å². The van der Waals surface area contributed by atoms with E-state index in [-0.39, 0.29) is 80.4 Å². The van der Waals surface area contributed by atoms with E-state index in [1.807, 2.05) is 190 Å². The van der Waals surface area contributed by atoms with Gasteiger partial charge < -0.3 is 27.4 Å². The molecule has 0 aliphatic heterocycles. The maximum absolute atomic E-state index is 4.65. The minimum absolute atomic E-state index is 0. The van der Waals surface area contributed by atoms with Crippen LogP contribution in [0.3, 0.4) is 0 Å². The second-order valence-electron chi connectivity index (χ2n) is 32.2. The summed E-state index contributed by atoms with van der Waals surface area (Å²) in [6, 6.07) is 131. The Balaban J connectivity index is 0.000000120. The van der Waals surface area contributed by atoms with Crippen LogP contribution >= 0.6 is 0 Å². The number of rotatable bonds is 13. The Kier molecular flexibility index (Phi) is 26.3. The fourth-order valence-corrected chi connectivity index (χ4v) is 18.6. The number of aromatic nitrogens is 15. The molecule has 0 saturated heterocycles. The Hall–Kier alpha value is -14.8. The Morgan fingerprint density at radius 1 is 0.231 bits per heavy atom. The molecule has 11 aromatic heterocycles. The number of benzene rings is 14. The van der Waals surface area contributed by atoms with Crippen LogP contribution < -0.4 is 0 Å². The molecule has 134 heavy (non-hydrogen) atoms. The molecular formula is C115H81Ir4N15-4. The minimum Gasteiger partial charge on any atom is -0.340 e. The van der Waals surface area contributed by atoms with Crippen LogP contribution in [-0.2, 0) is 80.4 Å². The first-order valence-electron chi connectivity index (χ1n) is 43.3. The van der Waals surface area contributed by atoms with Gasteiger partial charge in [0.05, 0.1) is 72.9 Å². The summed E-state index contributed by atoms with van der Waals surface area (Å²) in [7, 11) is 0. The van der Waals surface area contributed by atoms with Crippen LogP contribution in [0.15, 0.2) is 420 Å². The van der Waals surface area contributed by atoms with Crippen molar-refractivity contribution in [1.29, 1.82) is 0 Å². The van der Waals surface area contributed by atoms with Gasteiger partial charge in [0.25, 0.3) is 0 Å². The fourth-order valence-electron chi connectivity index (χ4n) is 18.6. The number of pyridine rings is 3. The van der Waals surface area contributed by atoms with Crippen LogP contribution in [0.25, 0.3) is 189 Å². The van der Waals surface area contributed by atoms with Crippen LogP contribution in [0.4, 0.5) is 0 Å². The first-order chi connectivity index (χ1) is 64.2. The molecule has 4 radical (unpaired) electrons. The maximum Gasteiger partial charge on any atom is 0.0979 e. The number of nitrogens with zero attached hydrogens (tertiary/aromatic N) is 15. The molecular weight excluding hydrogens is 2360 g/mol. The van der Waals surface area contributed by atoms with E-state index in [1.54, 1.807) is 0 Å². The Morgan fingerprint density at radius 3 is 1.13 bits per heavy atom. The van der Waals surface area contributed by atoms with Crippen LogP contribution in [0, 0.1) is 52.0 Å². The summed E-state index contributed by atoms with van der Waals surface area (Å²) in [6.07, 6.45) is 24.8. The molecule has 0 amide bonds. The van der Waals surface area contributed by atoms with Crippen LogP contribution in [0.1, 0.15) is 22.3 Å². The zero-order valence-electron chi connectivity index (χ0n) is 72.9. The van der Waals surface area contributed by atoms with Gasteiger partial charge >= 0.3 is 0 Å². The first kappa shape index (κ1) is 89.7. The summed E-state index contributed by atoms with van der Waals surface area (Å²) >= 11 is 0. The third-order valence-electron chi connectivity index (χ3n) is 24.2. The van der Waals surface area contributed by atoms with Crippen LogP contribution in [0.2, 0.25) is 0 Å². The average Bonchev–Trinajstić information content (AvgIpc) is 1.60. The normalized spacial score (nSPS) is 11.0. The Labute approximate surface area is 828 Å². The smallest absolute Gasteiger partial charge is 0.0979 e. The largest absolute Gasteiger partial charge is 0.340 e. The molecule has 0 fully saturated rings. The van der Waals surface area contributed by atoms with Gasteiger partial charge in [0.2, 0.25) is 0 Å². The van der Waals surface area contributed by atoms with E-state index in [4.69, 9.17) is 0 Å². The van der Waals surface area contributed by atoms with E-state index < -0.39 is 0 Å². The summed E-state index contributed by atoms with van der Waals surface area (Å²) in [5.41, 5.74) is 30.5.